The number of nitrogens with zero attached hydrogens (tertiary/aromatic N) is 1. The summed E-state index contributed by atoms with van der Waals surface area (Å²) in [6, 6.07) is 1.35. The lowest BCUT2D eigenvalue weighted by molar-refractivity contribution is -0.385. The van der Waals surface area contributed by atoms with E-state index in [1.165, 1.54) is 0 Å². The van der Waals surface area contributed by atoms with Crippen molar-refractivity contribution in [1.82, 2.24) is 0 Å². The number of nitro benzene ring substituents is 1. The van der Waals surface area contributed by atoms with Crippen LogP contribution in [0.15, 0.2) is 12.1 Å². The lowest BCUT2D eigenvalue weighted by Crippen LogP contribution is -2.10. The van der Waals surface area contributed by atoms with Gasteiger partial charge in [0.2, 0.25) is 0 Å². The predicted octanol–water partition coefficient (Wildman–Crippen LogP) is 1.63. The molecule has 3 N–H and O–H groups in total. The third-order valence-corrected chi connectivity index (χ3v) is 1.92. The van der Waals surface area contributed by atoms with Crippen LogP contribution in [0, 0.1) is 21.7 Å². The van der Waals surface area contributed by atoms with Gasteiger partial charge in [-0.25, -0.2) is 8.78 Å². The molecule has 88 valence electrons. The van der Waals surface area contributed by atoms with Crippen LogP contribution in [0.4, 0.5) is 20.2 Å². The molecule has 0 saturated heterocycles. The molecule has 7 heteroatoms. The van der Waals surface area contributed by atoms with Crippen molar-refractivity contribution < 1.29 is 13.7 Å². The summed E-state index contributed by atoms with van der Waals surface area (Å²) < 4.78 is 26.5. The number of nitrogens with two attached hydrogens (primary N) is 1. The van der Waals surface area contributed by atoms with Crippen molar-refractivity contribution in [3.63, 3.8) is 0 Å². The average Bonchev–Trinajstić information content (AvgIpc) is 2.21. The van der Waals surface area contributed by atoms with Crippen molar-refractivity contribution >= 4 is 11.4 Å². The van der Waals surface area contributed by atoms with Gasteiger partial charge in [-0.05, 0) is 13.0 Å². The predicted molar refractivity (Wildman–Crippen MR) is 55.2 cm³/mol. The van der Waals surface area contributed by atoms with Gasteiger partial charge < -0.3 is 11.1 Å². The molecule has 1 aromatic rings. The molecule has 0 aliphatic carbocycles. The summed E-state index contributed by atoms with van der Waals surface area (Å²) in [5.74, 6) is -1.97. The summed E-state index contributed by atoms with van der Waals surface area (Å²) in [5.41, 5.74) is 4.24. The van der Waals surface area contributed by atoms with Crippen molar-refractivity contribution in [1.29, 1.82) is 0 Å². The lowest BCUT2D eigenvalue weighted by Gasteiger charge is -2.07. The minimum atomic E-state index is -0.983. The third kappa shape index (κ3) is 2.86. The van der Waals surface area contributed by atoms with Crippen molar-refractivity contribution in [3.05, 3.63) is 33.9 Å². The van der Waals surface area contributed by atoms with Gasteiger partial charge in [-0.15, -0.1) is 0 Å². The van der Waals surface area contributed by atoms with E-state index < -0.39 is 22.2 Å². The largest absolute Gasteiger partial charge is 0.380 e. The Hall–Kier alpha value is -1.76. The highest BCUT2D eigenvalue weighted by Crippen LogP contribution is 2.24. The van der Waals surface area contributed by atoms with Crippen LogP contribution in [0.25, 0.3) is 0 Å². The molecule has 0 aliphatic rings. The van der Waals surface area contributed by atoms with E-state index in [0.29, 0.717) is 31.6 Å². The van der Waals surface area contributed by atoms with Crippen LogP contribution in [0.2, 0.25) is 0 Å². The van der Waals surface area contributed by atoms with Gasteiger partial charge in [0.15, 0.2) is 11.6 Å². The van der Waals surface area contributed by atoms with Crippen molar-refractivity contribution in [2.75, 3.05) is 18.4 Å². The number of benzene rings is 1. The van der Waals surface area contributed by atoms with Gasteiger partial charge in [-0.2, -0.15) is 0 Å². The van der Waals surface area contributed by atoms with Crippen LogP contribution in [-0.2, 0) is 0 Å². The van der Waals surface area contributed by atoms with Gasteiger partial charge in [-0.1, -0.05) is 0 Å². The number of rotatable bonds is 5. The summed E-state index contributed by atoms with van der Waals surface area (Å²) >= 11 is 0. The van der Waals surface area contributed by atoms with E-state index in [1.807, 2.05) is 0 Å². The van der Waals surface area contributed by atoms with Crippen LogP contribution in [0.5, 0.6) is 0 Å². The Bertz CT molecular complexity index is 375. The molecular formula is C9H11F2N3O2. The molecule has 0 amide bonds. The number of hydrogen-bond donors (Lipinski definition) is 2. The van der Waals surface area contributed by atoms with Crippen LogP contribution in [-0.4, -0.2) is 18.0 Å². The van der Waals surface area contributed by atoms with Gasteiger partial charge in [0.25, 0.3) is 5.69 Å². The highest BCUT2D eigenvalue weighted by Gasteiger charge is 2.16. The third-order valence-electron chi connectivity index (χ3n) is 1.92. The van der Waals surface area contributed by atoms with Crippen LogP contribution in [0.1, 0.15) is 6.42 Å². The molecule has 0 unspecified atom stereocenters. The molecule has 5 nitrogen and oxygen atoms in total. The normalized spacial score (nSPS) is 10.2. The van der Waals surface area contributed by atoms with Gasteiger partial charge >= 0.3 is 0 Å². The summed E-state index contributed by atoms with van der Waals surface area (Å²) in [6.45, 7) is 0.700. The molecule has 0 heterocycles. The molecule has 0 saturated carbocycles. The Morgan fingerprint density at radius 2 is 1.94 bits per heavy atom. The minimum absolute atomic E-state index is 0.308. The minimum Gasteiger partial charge on any atom is -0.380 e. The van der Waals surface area contributed by atoms with Gasteiger partial charge in [0, 0.05) is 6.54 Å². The number of nitro groups is 1. The molecular weight excluding hydrogens is 220 g/mol. The molecule has 1 aromatic carbocycles. The monoisotopic (exact) mass is 231 g/mol. The second-order valence-electron chi connectivity index (χ2n) is 3.11. The van der Waals surface area contributed by atoms with Crippen molar-refractivity contribution in [2.45, 2.75) is 6.42 Å². The van der Waals surface area contributed by atoms with E-state index in [4.69, 9.17) is 5.73 Å². The molecule has 1 rings (SSSR count). The number of hydrogen-bond acceptors (Lipinski definition) is 4. The van der Waals surface area contributed by atoms with Crippen LogP contribution in [0.3, 0.4) is 0 Å². The zero-order valence-corrected chi connectivity index (χ0v) is 8.37. The maximum atomic E-state index is 13.3. The first-order valence-corrected chi connectivity index (χ1v) is 4.63. The summed E-state index contributed by atoms with van der Waals surface area (Å²) in [4.78, 5) is 9.46. The fraction of sp³-hybridized carbons (Fsp3) is 0.333. The van der Waals surface area contributed by atoms with E-state index in [-0.39, 0.29) is 5.69 Å². The van der Waals surface area contributed by atoms with Crippen LogP contribution < -0.4 is 11.1 Å². The van der Waals surface area contributed by atoms with Gasteiger partial charge in [0.05, 0.1) is 17.1 Å². The Kier molecular flexibility index (Phi) is 4.12. The molecule has 0 aliphatic heterocycles. The van der Waals surface area contributed by atoms with E-state index in [1.54, 1.807) is 0 Å². The Balaban J connectivity index is 2.89. The van der Waals surface area contributed by atoms with Crippen molar-refractivity contribution in [3.8, 4) is 0 Å². The lowest BCUT2D eigenvalue weighted by atomic mass is 10.2. The Labute approximate surface area is 90.4 Å². The SMILES string of the molecule is NCCCNc1c(F)cc([N+](=O)[O-])cc1F. The highest BCUT2D eigenvalue weighted by molar-refractivity contribution is 5.51. The first kappa shape index (κ1) is 12.3. The fourth-order valence-corrected chi connectivity index (χ4v) is 1.15. The number of halogens is 2. The smallest absolute Gasteiger partial charge is 0.275 e. The maximum Gasteiger partial charge on any atom is 0.275 e. The molecule has 0 atom stereocenters. The second kappa shape index (κ2) is 5.36. The summed E-state index contributed by atoms with van der Waals surface area (Å²) in [5, 5.41) is 12.8. The van der Waals surface area contributed by atoms with E-state index in [9.17, 15) is 18.9 Å². The first-order chi connectivity index (χ1) is 7.56. The standard InChI is InChI=1S/C9H11F2N3O2/c10-7-4-6(14(15)16)5-8(11)9(7)13-3-1-2-12/h4-5,13H,1-3,12H2. The first-order valence-electron chi connectivity index (χ1n) is 4.63. The van der Waals surface area contributed by atoms with Gasteiger partial charge in [-0.3, -0.25) is 10.1 Å². The molecule has 0 spiro atoms. The summed E-state index contributed by atoms with van der Waals surface area (Å²) in [6.07, 6.45) is 0.551. The highest BCUT2D eigenvalue weighted by atomic mass is 19.1. The number of non-ortho nitro benzene ring substituents is 1. The zero-order valence-electron chi connectivity index (χ0n) is 8.37. The molecule has 0 aromatic heterocycles. The Morgan fingerprint density at radius 1 is 1.38 bits per heavy atom. The van der Waals surface area contributed by atoms with Crippen molar-refractivity contribution in [2.24, 2.45) is 5.73 Å². The number of nitrogens with one attached hydrogen (secondary N) is 1. The van der Waals surface area contributed by atoms with Gasteiger partial charge in [0.1, 0.15) is 5.69 Å². The quantitative estimate of drug-likeness (QED) is 0.458. The maximum absolute atomic E-state index is 13.3. The Morgan fingerprint density at radius 3 is 2.38 bits per heavy atom. The number of anilines is 1. The van der Waals surface area contributed by atoms with E-state index in [2.05, 4.69) is 5.32 Å². The fourth-order valence-electron chi connectivity index (χ4n) is 1.15. The average molecular weight is 231 g/mol. The van der Waals surface area contributed by atoms with E-state index >= 15 is 0 Å². The summed E-state index contributed by atoms with van der Waals surface area (Å²) in [7, 11) is 0. The molecule has 16 heavy (non-hydrogen) atoms. The molecule has 0 fully saturated rings. The second-order valence-corrected chi connectivity index (χ2v) is 3.11. The van der Waals surface area contributed by atoms with E-state index in [0.717, 1.165) is 0 Å². The topological polar surface area (TPSA) is 81.2 Å². The molecule has 0 bridgehead atoms. The molecule has 0 radical (unpaired) electrons. The zero-order chi connectivity index (χ0) is 12.1. The van der Waals surface area contributed by atoms with Crippen LogP contribution >= 0.6 is 0 Å².